The van der Waals surface area contributed by atoms with Crippen molar-refractivity contribution in [3.63, 3.8) is 0 Å². The molecule has 34 heavy (non-hydrogen) atoms. The van der Waals surface area contributed by atoms with Gasteiger partial charge in [0.25, 0.3) is 0 Å². The predicted octanol–water partition coefficient (Wildman–Crippen LogP) is 6.65. The minimum Gasteiger partial charge on any atom is -0.388 e. The van der Waals surface area contributed by atoms with Crippen molar-refractivity contribution in [3.05, 3.63) is 90.1 Å². The molecule has 176 valence electrons. The van der Waals surface area contributed by atoms with Crippen molar-refractivity contribution in [1.29, 1.82) is 0 Å². The Morgan fingerprint density at radius 1 is 0.941 bits per heavy atom. The molecule has 4 rings (SSSR count). The smallest absolute Gasteiger partial charge is 0.0731 e. The van der Waals surface area contributed by atoms with Gasteiger partial charge in [0.2, 0.25) is 0 Å². The fraction of sp³-hybridized carbons (Fsp3) is 0.276. The second-order valence-corrected chi connectivity index (χ2v) is 9.17. The lowest BCUT2D eigenvalue weighted by atomic mass is 10.0. The molecule has 5 heteroatoms. The number of piperazine rings is 1. The second kappa shape index (κ2) is 10.4. The standard InChI is InChI=1S/C29H33ClN4/c1-6-7-20(2)33-14-16-34(17-15-33)22(4)25-12-13-26-27(30)19-28(32-29(26)18-25)24-10-8-23(9-11-24)21(3)31-5/h8-13,18-19,31H,2-4,6-7,14-17H2,1,5H3. The number of hydrogen-bond donors (Lipinski definition) is 1. The Kier molecular flexibility index (Phi) is 7.28. The van der Waals surface area contributed by atoms with E-state index < -0.39 is 0 Å². The number of benzene rings is 2. The first kappa shape index (κ1) is 23.9. The van der Waals surface area contributed by atoms with Crippen molar-refractivity contribution in [1.82, 2.24) is 20.1 Å². The van der Waals surface area contributed by atoms with Crippen LogP contribution in [0.3, 0.4) is 0 Å². The highest BCUT2D eigenvalue weighted by Crippen LogP contribution is 2.31. The van der Waals surface area contributed by atoms with Gasteiger partial charge in [-0.15, -0.1) is 0 Å². The molecular formula is C29H33ClN4. The van der Waals surface area contributed by atoms with Crippen molar-refractivity contribution in [3.8, 4) is 11.3 Å². The summed E-state index contributed by atoms with van der Waals surface area (Å²) in [4.78, 5) is 9.70. The quantitative estimate of drug-likeness (QED) is 0.397. The molecule has 1 saturated heterocycles. The lowest BCUT2D eigenvalue weighted by molar-refractivity contribution is 0.209. The number of pyridine rings is 1. The molecule has 0 bridgehead atoms. The van der Waals surface area contributed by atoms with Crippen LogP contribution in [0.25, 0.3) is 33.6 Å². The zero-order valence-corrected chi connectivity index (χ0v) is 21.0. The Labute approximate surface area is 208 Å². The van der Waals surface area contributed by atoms with Crippen molar-refractivity contribution >= 4 is 33.9 Å². The highest BCUT2D eigenvalue weighted by Gasteiger charge is 2.20. The van der Waals surface area contributed by atoms with E-state index in [-0.39, 0.29) is 0 Å². The molecule has 2 heterocycles. The number of hydrogen-bond acceptors (Lipinski definition) is 4. The first-order valence-corrected chi connectivity index (χ1v) is 12.2. The molecule has 0 saturated carbocycles. The minimum absolute atomic E-state index is 0.698. The summed E-state index contributed by atoms with van der Waals surface area (Å²) in [5.74, 6) is 0. The average molecular weight is 473 g/mol. The molecule has 0 spiro atoms. The lowest BCUT2D eigenvalue weighted by Crippen LogP contribution is -2.44. The number of aromatic nitrogens is 1. The SMILES string of the molecule is C=C(NC)c1ccc(-c2cc(Cl)c3ccc(C(=C)N4CCN(C(=C)CCC)CC4)cc3n2)cc1. The summed E-state index contributed by atoms with van der Waals surface area (Å²) in [6.07, 6.45) is 2.20. The Bertz CT molecular complexity index is 1220. The summed E-state index contributed by atoms with van der Waals surface area (Å²) < 4.78 is 0. The maximum Gasteiger partial charge on any atom is 0.0731 e. The maximum absolute atomic E-state index is 6.66. The van der Waals surface area contributed by atoms with Crippen LogP contribution in [-0.4, -0.2) is 48.0 Å². The van der Waals surface area contributed by atoms with E-state index in [9.17, 15) is 0 Å². The third-order valence-electron chi connectivity index (χ3n) is 6.57. The zero-order chi connectivity index (χ0) is 24.2. The van der Waals surface area contributed by atoms with Crippen molar-refractivity contribution in [2.75, 3.05) is 33.2 Å². The fourth-order valence-electron chi connectivity index (χ4n) is 4.42. The van der Waals surface area contributed by atoms with Crippen molar-refractivity contribution < 1.29 is 0 Å². The van der Waals surface area contributed by atoms with Crippen LogP contribution >= 0.6 is 11.6 Å². The van der Waals surface area contributed by atoms with E-state index in [1.54, 1.807) is 0 Å². The van der Waals surface area contributed by atoms with Crippen LogP contribution in [0.15, 0.2) is 74.0 Å². The minimum atomic E-state index is 0.698. The molecule has 0 aliphatic carbocycles. The Hall–Kier alpha value is -3.24. The van der Waals surface area contributed by atoms with Gasteiger partial charge < -0.3 is 15.1 Å². The van der Waals surface area contributed by atoms with Crippen molar-refractivity contribution in [2.45, 2.75) is 19.8 Å². The van der Waals surface area contributed by atoms with Gasteiger partial charge in [-0.3, -0.25) is 0 Å². The first-order valence-electron chi connectivity index (χ1n) is 11.9. The van der Waals surface area contributed by atoms with E-state index in [2.05, 4.69) is 66.0 Å². The first-order chi connectivity index (χ1) is 16.4. The number of nitrogens with one attached hydrogen (secondary N) is 1. The second-order valence-electron chi connectivity index (χ2n) is 8.76. The van der Waals surface area contributed by atoms with Gasteiger partial charge >= 0.3 is 0 Å². The van der Waals surface area contributed by atoms with Gasteiger partial charge in [-0.25, -0.2) is 4.98 Å². The lowest BCUT2D eigenvalue weighted by Gasteiger charge is -2.39. The van der Waals surface area contributed by atoms with Gasteiger partial charge in [0.15, 0.2) is 0 Å². The molecular weight excluding hydrogens is 440 g/mol. The van der Waals surface area contributed by atoms with Crippen LogP contribution < -0.4 is 5.32 Å². The third kappa shape index (κ3) is 4.97. The van der Waals surface area contributed by atoms with Gasteiger partial charge in [0.1, 0.15) is 0 Å². The number of allylic oxidation sites excluding steroid dienone is 1. The Balaban J connectivity index is 1.56. The summed E-state index contributed by atoms with van der Waals surface area (Å²) in [6.45, 7) is 18.7. The van der Waals surface area contributed by atoms with Gasteiger partial charge in [-0.05, 0) is 29.7 Å². The van der Waals surface area contributed by atoms with Crippen LogP contribution in [0.5, 0.6) is 0 Å². The summed E-state index contributed by atoms with van der Waals surface area (Å²) in [7, 11) is 1.87. The van der Waals surface area contributed by atoms with Crippen LogP contribution in [-0.2, 0) is 0 Å². The van der Waals surface area contributed by atoms with Gasteiger partial charge in [-0.2, -0.15) is 0 Å². The zero-order valence-electron chi connectivity index (χ0n) is 20.2. The maximum atomic E-state index is 6.66. The third-order valence-corrected chi connectivity index (χ3v) is 6.88. The molecule has 1 fully saturated rings. The highest BCUT2D eigenvalue weighted by molar-refractivity contribution is 6.35. The van der Waals surface area contributed by atoms with Gasteiger partial charge in [0.05, 0.1) is 16.2 Å². The van der Waals surface area contributed by atoms with Gasteiger partial charge in [0, 0.05) is 61.3 Å². The number of fused-ring (bicyclic) bond motifs is 1. The molecule has 1 aliphatic rings. The van der Waals surface area contributed by atoms with Crippen LogP contribution in [0, 0.1) is 0 Å². The topological polar surface area (TPSA) is 31.4 Å². The Morgan fingerprint density at radius 2 is 1.59 bits per heavy atom. The van der Waals surface area contributed by atoms with Crippen LogP contribution in [0.1, 0.15) is 30.9 Å². The van der Waals surface area contributed by atoms with E-state index in [1.807, 2.05) is 31.3 Å². The molecule has 2 aromatic carbocycles. The largest absolute Gasteiger partial charge is 0.388 e. The van der Waals surface area contributed by atoms with Crippen LogP contribution in [0.4, 0.5) is 0 Å². The summed E-state index contributed by atoms with van der Waals surface area (Å²) in [5.41, 5.74) is 8.03. The normalized spacial score (nSPS) is 13.7. The molecule has 1 aliphatic heterocycles. The van der Waals surface area contributed by atoms with E-state index in [0.717, 1.165) is 83.7 Å². The van der Waals surface area contributed by atoms with E-state index in [0.29, 0.717) is 5.02 Å². The predicted molar refractivity (Wildman–Crippen MR) is 147 cm³/mol. The summed E-state index contributed by atoms with van der Waals surface area (Å²) >= 11 is 6.66. The number of halogens is 1. The molecule has 4 nitrogen and oxygen atoms in total. The monoisotopic (exact) mass is 472 g/mol. The van der Waals surface area contributed by atoms with Gasteiger partial charge in [-0.1, -0.05) is 81.1 Å². The molecule has 0 unspecified atom stereocenters. The molecule has 3 aromatic rings. The summed E-state index contributed by atoms with van der Waals surface area (Å²) in [6, 6.07) is 16.4. The van der Waals surface area contributed by atoms with Crippen LogP contribution in [0.2, 0.25) is 5.02 Å². The molecule has 0 amide bonds. The van der Waals surface area contributed by atoms with E-state index in [1.165, 1.54) is 5.70 Å². The van der Waals surface area contributed by atoms with E-state index in [4.69, 9.17) is 16.6 Å². The average Bonchev–Trinajstić information content (AvgIpc) is 2.87. The van der Waals surface area contributed by atoms with Crippen molar-refractivity contribution in [2.24, 2.45) is 0 Å². The molecule has 1 aromatic heterocycles. The highest BCUT2D eigenvalue weighted by atomic mass is 35.5. The summed E-state index contributed by atoms with van der Waals surface area (Å²) in [5, 5.41) is 4.73. The Morgan fingerprint density at radius 3 is 2.24 bits per heavy atom. The number of rotatable bonds is 8. The molecule has 0 atom stereocenters. The molecule has 0 radical (unpaired) electrons. The molecule has 1 N–H and O–H groups in total. The fourth-order valence-corrected chi connectivity index (χ4v) is 4.68. The number of nitrogens with zero attached hydrogens (tertiary/aromatic N) is 3. The van der Waals surface area contributed by atoms with E-state index >= 15 is 0 Å².